The van der Waals surface area contributed by atoms with Gasteiger partial charge in [-0.15, -0.1) is 11.8 Å². The monoisotopic (exact) mass is 191 g/mol. The Morgan fingerprint density at radius 1 is 1.23 bits per heavy atom. The van der Waals surface area contributed by atoms with E-state index in [4.69, 9.17) is 0 Å². The summed E-state index contributed by atoms with van der Waals surface area (Å²) in [5.41, 5.74) is 3.88. The Morgan fingerprint density at radius 2 is 2.00 bits per heavy atom. The van der Waals surface area contributed by atoms with Crippen LogP contribution in [0.15, 0.2) is 23.1 Å². The molecular weight excluding hydrogens is 178 g/mol. The molecule has 0 aliphatic carbocycles. The highest BCUT2D eigenvalue weighted by Gasteiger charge is 2.08. The Morgan fingerprint density at radius 3 is 2.69 bits per heavy atom. The average Bonchev–Trinajstić information content (AvgIpc) is 2.42. The van der Waals surface area contributed by atoms with Gasteiger partial charge in [0, 0.05) is 21.5 Å². The van der Waals surface area contributed by atoms with Gasteiger partial charge in [-0.2, -0.15) is 0 Å². The Bertz CT molecular complexity index is 443. The lowest BCUT2D eigenvalue weighted by Gasteiger charge is -1.98. The third-order valence-electron chi connectivity index (χ3n) is 2.37. The van der Waals surface area contributed by atoms with E-state index in [1.807, 2.05) is 11.8 Å². The maximum absolute atomic E-state index is 3.40. The maximum atomic E-state index is 3.40. The molecule has 0 bridgehead atoms. The summed E-state index contributed by atoms with van der Waals surface area (Å²) in [7, 11) is 0. The van der Waals surface area contributed by atoms with Crippen LogP contribution in [0.5, 0.6) is 0 Å². The fourth-order valence-corrected chi connectivity index (χ4v) is 2.61. The van der Waals surface area contributed by atoms with Gasteiger partial charge in [-0.1, -0.05) is 12.1 Å². The van der Waals surface area contributed by atoms with E-state index in [2.05, 4.69) is 43.3 Å². The first-order valence-corrected chi connectivity index (χ1v) is 5.58. The molecule has 1 heterocycles. The van der Waals surface area contributed by atoms with Crippen LogP contribution in [0, 0.1) is 13.8 Å². The van der Waals surface area contributed by atoms with E-state index >= 15 is 0 Å². The molecule has 0 saturated carbocycles. The minimum atomic E-state index is 1.25. The number of fused-ring (bicyclic) bond motifs is 1. The number of hydrogen-bond donors (Lipinski definition) is 1. The summed E-state index contributed by atoms with van der Waals surface area (Å²) >= 11 is 1.81. The molecule has 2 aromatic rings. The molecule has 13 heavy (non-hydrogen) atoms. The molecule has 0 amide bonds. The molecule has 0 atom stereocenters. The first-order valence-electron chi connectivity index (χ1n) is 4.36. The molecule has 1 aromatic heterocycles. The second-order valence-electron chi connectivity index (χ2n) is 3.28. The van der Waals surface area contributed by atoms with E-state index < -0.39 is 0 Å². The standard InChI is InChI=1S/C11H13NS/c1-7-5-4-6-9-10(7)11(13-3)8(2)12-9/h4-6,12H,1-3H3. The summed E-state index contributed by atoms with van der Waals surface area (Å²) in [6, 6.07) is 6.39. The van der Waals surface area contributed by atoms with Gasteiger partial charge in [0.1, 0.15) is 0 Å². The van der Waals surface area contributed by atoms with Crippen molar-refractivity contribution in [3.05, 3.63) is 29.5 Å². The van der Waals surface area contributed by atoms with Gasteiger partial charge in [0.25, 0.3) is 0 Å². The number of aromatic amines is 1. The van der Waals surface area contributed by atoms with E-state index in [1.165, 1.54) is 27.1 Å². The number of nitrogens with one attached hydrogen (secondary N) is 1. The average molecular weight is 191 g/mol. The molecule has 0 fully saturated rings. The molecule has 0 radical (unpaired) electrons. The van der Waals surface area contributed by atoms with E-state index in [0.717, 1.165) is 0 Å². The fraction of sp³-hybridized carbons (Fsp3) is 0.273. The number of aromatic nitrogens is 1. The van der Waals surface area contributed by atoms with Crippen molar-refractivity contribution in [3.8, 4) is 0 Å². The number of benzene rings is 1. The van der Waals surface area contributed by atoms with Crippen molar-refractivity contribution < 1.29 is 0 Å². The van der Waals surface area contributed by atoms with Crippen molar-refractivity contribution in [1.82, 2.24) is 4.98 Å². The molecule has 0 aliphatic heterocycles. The normalized spacial score (nSPS) is 11.0. The molecule has 0 saturated heterocycles. The van der Waals surface area contributed by atoms with Gasteiger partial charge in [-0.05, 0) is 31.7 Å². The van der Waals surface area contributed by atoms with Crippen LogP contribution >= 0.6 is 11.8 Å². The molecule has 2 heteroatoms. The predicted octanol–water partition coefficient (Wildman–Crippen LogP) is 3.51. The van der Waals surface area contributed by atoms with Crippen molar-refractivity contribution in [1.29, 1.82) is 0 Å². The van der Waals surface area contributed by atoms with Crippen molar-refractivity contribution in [3.63, 3.8) is 0 Å². The Labute approximate surface area is 82.5 Å². The van der Waals surface area contributed by atoms with E-state index in [-0.39, 0.29) is 0 Å². The van der Waals surface area contributed by atoms with Gasteiger partial charge in [0.05, 0.1) is 0 Å². The lowest BCUT2D eigenvalue weighted by atomic mass is 10.1. The van der Waals surface area contributed by atoms with Crippen molar-refractivity contribution in [2.45, 2.75) is 18.7 Å². The molecule has 0 aliphatic rings. The summed E-state index contributed by atoms with van der Waals surface area (Å²) in [5, 5.41) is 1.38. The molecule has 2 rings (SSSR count). The third-order valence-corrected chi connectivity index (χ3v) is 3.29. The van der Waals surface area contributed by atoms with Crippen LogP contribution in [0.1, 0.15) is 11.3 Å². The topological polar surface area (TPSA) is 15.8 Å². The van der Waals surface area contributed by atoms with Crippen LogP contribution in [-0.2, 0) is 0 Å². The van der Waals surface area contributed by atoms with E-state index in [9.17, 15) is 0 Å². The third kappa shape index (κ3) is 1.25. The number of aryl methyl sites for hydroxylation is 2. The molecule has 0 spiro atoms. The van der Waals surface area contributed by atoms with E-state index in [0.29, 0.717) is 0 Å². The van der Waals surface area contributed by atoms with Gasteiger partial charge in [0.2, 0.25) is 0 Å². The van der Waals surface area contributed by atoms with Crippen LogP contribution in [0.25, 0.3) is 10.9 Å². The van der Waals surface area contributed by atoms with E-state index in [1.54, 1.807) is 0 Å². The lowest BCUT2D eigenvalue weighted by molar-refractivity contribution is 1.23. The van der Waals surface area contributed by atoms with Gasteiger partial charge < -0.3 is 4.98 Å². The number of thioether (sulfide) groups is 1. The number of rotatable bonds is 1. The Balaban J connectivity index is 2.88. The van der Waals surface area contributed by atoms with Crippen LogP contribution in [0.2, 0.25) is 0 Å². The van der Waals surface area contributed by atoms with Crippen molar-refractivity contribution in [2.24, 2.45) is 0 Å². The number of hydrogen-bond acceptors (Lipinski definition) is 1. The molecule has 1 nitrogen and oxygen atoms in total. The van der Waals surface area contributed by atoms with Gasteiger partial charge in [0.15, 0.2) is 0 Å². The smallest absolute Gasteiger partial charge is 0.0470 e. The van der Waals surface area contributed by atoms with Gasteiger partial charge >= 0.3 is 0 Å². The SMILES string of the molecule is CSc1c(C)[nH]c2cccc(C)c12. The summed E-state index contributed by atoms with van der Waals surface area (Å²) in [4.78, 5) is 4.78. The molecule has 0 unspecified atom stereocenters. The second kappa shape index (κ2) is 3.11. The van der Waals surface area contributed by atoms with Gasteiger partial charge in [-0.3, -0.25) is 0 Å². The largest absolute Gasteiger partial charge is 0.358 e. The molecule has 68 valence electrons. The Hall–Kier alpha value is -0.890. The highest BCUT2D eigenvalue weighted by Crippen LogP contribution is 2.31. The molecular formula is C11H13NS. The highest BCUT2D eigenvalue weighted by molar-refractivity contribution is 7.98. The highest BCUT2D eigenvalue weighted by atomic mass is 32.2. The second-order valence-corrected chi connectivity index (χ2v) is 4.10. The number of H-pyrrole nitrogens is 1. The zero-order chi connectivity index (χ0) is 9.42. The summed E-state index contributed by atoms with van der Waals surface area (Å²) < 4.78 is 0. The van der Waals surface area contributed by atoms with Crippen molar-refractivity contribution >= 4 is 22.7 Å². The zero-order valence-electron chi connectivity index (χ0n) is 8.14. The molecule has 1 aromatic carbocycles. The summed E-state index contributed by atoms with van der Waals surface area (Å²) in [5.74, 6) is 0. The van der Waals surface area contributed by atoms with Crippen LogP contribution < -0.4 is 0 Å². The maximum Gasteiger partial charge on any atom is 0.0470 e. The minimum Gasteiger partial charge on any atom is -0.358 e. The molecule has 1 N–H and O–H groups in total. The van der Waals surface area contributed by atoms with Crippen molar-refractivity contribution in [2.75, 3.05) is 6.26 Å². The van der Waals surface area contributed by atoms with Crippen LogP contribution in [-0.4, -0.2) is 11.2 Å². The van der Waals surface area contributed by atoms with Crippen LogP contribution in [0.3, 0.4) is 0 Å². The fourth-order valence-electron chi connectivity index (χ4n) is 1.77. The first kappa shape index (κ1) is 8.70. The first-order chi connectivity index (χ1) is 6.24. The summed E-state index contributed by atoms with van der Waals surface area (Å²) in [6.07, 6.45) is 2.13. The van der Waals surface area contributed by atoms with Gasteiger partial charge in [-0.25, -0.2) is 0 Å². The quantitative estimate of drug-likeness (QED) is 0.682. The summed E-state index contributed by atoms with van der Waals surface area (Å²) in [6.45, 7) is 4.29. The predicted molar refractivity (Wildman–Crippen MR) is 59.6 cm³/mol. The minimum absolute atomic E-state index is 1.25. The van der Waals surface area contributed by atoms with Crippen LogP contribution in [0.4, 0.5) is 0 Å². The Kier molecular flexibility index (Phi) is 2.08. The zero-order valence-corrected chi connectivity index (χ0v) is 8.96. The lowest BCUT2D eigenvalue weighted by Crippen LogP contribution is -1.75.